The fourth-order valence-corrected chi connectivity index (χ4v) is 2.49. The lowest BCUT2D eigenvalue weighted by atomic mass is 10.2. The number of anilines is 2. The minimum Gasteiger partial charge on any atom is -0.495 e. The molecular weight excluding hydrogens is 270 g/mol. The van der Waals surface area contributed by atoms with Crippen LogP contribution in [0.1, 0.15) is 11.3 Å². The van der Waals surface area contributed by atoms with E-state index in [0.29, 0.717) is 16.3 Å². The van der Waals surface area contributed by atoms with Gasteiger partial charge < -0.3 is 10.1 Å². The van der Waals surface area contributed by atoms with Crippen LogP contribution >= 0.6 is 23.1 Å². The average Bonchev–Trinajstić information content (AvgIpc) is 2.70. The minimum absolute atomic E-state index is 0.516. The Labute approximate surface area is 114 Å². The molecule has 1 aromatic carbocycles. The normalized spacial score (nSPS) is 9.89. The molecule has 0 aliphatic heterocycles. The molecule has 0 saturated heterocycles. The van der Waals surface area contributed by atoms with E-state index in [9.17, 15) is 0 Å². The van der Waals surface area contributed by atoms with Crippen molar-refractivity contribution in [3.05, 3.63) is 34.5 Å². The summed E-state index contributed by atoms with van der Waals surface area (Å²) in [6.45, 7) is 1.81. The number of hydrogen-bond acceptors (Lipinski definition) is 5. The molecule has 1 N–H and O–H groups in total. The van der Waals surface area contributed by atoms with Gasteiger partial charge in [-0.1, -0.05) is 11.6 Å². The molecule has 0 saturated carbocycles. The average molecular weight is 280 g/mol. The Morgan fingerprint density at radius 3 is 2.89 bits per heavy atom. The Morgan fingerprint density at radius 1 is 1.50 bits per heavy atom. The van der Waals surface area contributed by atoms with Crippen LogP contribution in [0.25, 0.3) is 0 Å². The molecule has 2 aromatic rings. The van der Waals surface area contributed by atoms with Crippen LogP contribution in [-0.2, 0) is 0 Å². The summed E-state index contributed by atoms with van der Waals surface area (Å²) in [5.41, 5.74) is 2.08. The van der Waals surface area contributed by atoms with Crippen molar-refractivity contribution >= 4 is 33.8 Å². The zero-order valence-electron chi connectivity index (χ0n) is 9.82. The molecule has 0 spiro atoms. The number of benzene rings is 1. The van der Waals surface area contributed by atoms with Crippen LogP contribution in [0.3, 0.4) is 0 Å². The van der Waals surface area contributed by atoms with Crippen molar-refractivity contribution in [2.24, 2.45) is 0 Å². The molecule has 0 radical (unpaired) electrons. The summed E-state index contributed by atoms with van der Waals surface area (Å²) in [4.78, 5) is 0. The van der Waals surface area contributed by atoms with E-state index >= 15 is 0 Å². The lowest BCUT2D eigenvalue weighted by Crippen LogP contribution is -1.91. The van der Waals surface area contributed by atoms with E-state index in [2.05, 4.69) is 15.8 Å². The first-order valence-electron chi connectivity index (χ1n) is 5.12. The highest BCUT2D eigenvalue weighted by Crippen LogP contribution is 2.31. The minimum atomic E-state index is 0.516. The molecule has 4 nitrogen and oxygen atoms in total. The molecular formula is C12H10ClN3OS. The Morgan fingerprint density at radius 2 is 2.28 bits per heavy atom. The summed E-state index contributed by atoms with van der Waals surface area (Å²) in [6, 6.07) is 7.48. The van der Waals surface area contributed by atoms with Gasteiger partial charge >= 0.3 is 0 Å². The van der Waals surface area contributed by atoms with Crippen molar-refractivity contribution in [3.63, 3.8) is 0 Å². The number of nitrogens with zero attached hydrogens (tertiary/aromatic N) is 2. The molecule has 18 heavy (non-hydrogen) atoms. The number of aromatic nitrogens is 1. The summed E-state index contributed by atoms with van der Waals surface area (Å²) < 4.78 is 9.22. The lowest BCUT2D eigenvalue weighted by molar-refractivity contribution is 0.415. The van der Waals surface area contributed by atoms with Crippen molar-refractivity contribution in [1.82, 2.24) is 4.37 Å². The first kappa shape index (κ1) is 12.7. The molecule has 0 bridgehead atoms. The fourth-order valence-electron chi connectivity index (χ4n) is 1.46. The Balaban J connectivity index is 2.29. The number of nitrogens with one attached hydrogen (secondary N) is 1. The van der Waals surface area contributed by atoms with Gasteiger partial charge in [-0.25, -0.2) is 0 Å². The number of aryl methyl sites for hydroxylation is 1. The van der Waals surface area contributed by atoms with Gasteiger partial charge in [0.2, 0.25) is 0 Å². The Kier molecular flexibility index (Phi) is 3.70. The highest BCUT2D eigenvalue weighted by Gasteiger charge is 2.10. The SMILES string of the molecule is COc1ccc(Nc2snc(C)c2C#N)cc1Cl. The largest absolute Gasteiger partial charge is 0.495 e. The first-order valence-corrected chi connectivity index (χ1v) is 6.27. The highest BCUT2D eigenvalue weighted by atomic mass is 35.5. The third-order valence-electron chi connectivity index (χ3n) is 2.38. The van der Waals surface area contributed by atoms with E-state index in [0.717, 1.165) is 16.4 Å². The van der Waals surface area contributed by atoms with Crippen LogP contribution in [-0.4, -0.2) is 11.5 Å². The predicted octanol–water partition coefficient (Wildman–Crippen LogP) is 3.73. The maximum absolute atomic E-state index is 9.03. The second kappa shape index (κ2) is 5.25. The van der Waals surface area contributed by atoms with Gasteiger partial charge in [-0.05, 0) is 36.7 Å². The van der Waals surface area contributed by atoms with Crippen molar-refractivity contribution in [2.45, 2.75) is 6.92 Å². The number of hydrogen-bond donors (Lipinski definition) is 1. The lowest BCUT2D eigenvalue weighted by Gasteiger charge is -2.07. The number of rotatable bonds is 3. The van der Waals surface area contributed by atoms with Gasteiger partial charge in [-0.3, -0.25) is 0 Å². The van der Waals surface area contributed by atoms with Gasteiger partial charge in [-0.15, -0.1) is 0 Å². The molecule has 92 valence electrons. The molecule has 1 heterocycles. The molecule has 2 rings (SSSR count). The zero-order valence-corrected chi connectivity index (χ0v) is 11.4. The molecule has 1 aromatic heterocycles. The monoisotopic (exact) mass is 279 g/mol. The predicted molar refractivity (Wildman–Crippen MR) is 72.9 cm³/mol. The molecule has 0 aliphatic carbocycles. The smallest absolute Gasteiger partial charge is 0.137 e. The van der Waals surface area contributed by atoms with Crippen LogP contribution in [0.2, 0.25) is 5.02 Å². The standard InChI is InChI=1S/C12H10ClN3OS/c1-7-9(6-14)12(18-16-7)15-8-3-4-11(17-2)10(13)5-8/h3-5,15H,1-2H3. The first-order chi connectivity index (χ1) is 8.65. The molecule has 0 fully saturated rings. The fraction of sp³-hybridized carbons (Fsp3) is 0.167. The quantitative estimate of drug-likeness (QED) is 0.930. The number of nitriles is 1. The van der Waals surface area contributed by atoms with Gasteiger partial charge in [0.1, 0.15) is 22.4 Å². The van der Waals surface area contributed by atoms with E-state index < -0.39 is 0 Å². The second-order valence-corrected chi connectivity index (χ2v) is 4.74. The maximum atomic E-state index is 9.03. The van der Waals surface area contributed by atoms with E-state index in [1.54, 1.807) is 26.2 Å². The van der Waals surface area contributed by atoms with E-state index in [1.807, 2.05) is 6.07 Å². The van der Waals surface area contributed by atoms with E-state index in [1.165, 1.54) is 11.5 Å². The summed E-state index contributed by atoms with van der Waals surface area (Å²) in [6.07, 6.45) is 0. The maximum Gasteiger partial charge on any atom is 0.137 e. The highest BCUT2D eigenvalue weighted by molar-refractivity contribution is 7.10. The van der Waals surface area contributed by atoms with Crippen LogP contribution in [0.4, 0.5) is 10.7 Å². The van der Waals surface area contributed by atoms with Crippen molar-refractivity contribution in [2.75, 3.05) is 12.4 Å². The summed E-state index contributed by atoms with van der Waals surface area (Å²) in [5, 5.41) is 13.4. The summed E-state index contributed by atoms with van der Waals surface area (Å²) >= 11 is 7.29. The van der Waals surface area contributed by atoms with Gasteiger partial charge in [0.25, 0.3) is 0 Å². The van der Waals surface area contributed by atoms with Gasteiger partial charge in [-0.2, -0.15) is 9.64 Å². The third-order valence-corrected chi connectivity index (χ3v) is 3.53. The van der Waals surface area contributed by atoms with Crippen molar-refractivity contribution in [1.29, 1.82) is 5.26 Å². The third kappa shape index (κ3) is 2.40. The van der Waals surface area contributed by atoms with Crippen molar-refractivity contribution in [3.8, 4) is 11.8 Å². The van der Waals surface area contributed by atoms with E-state index in [4.69, 9.17) is 21.6 Å². The number of halogens is 1. The summed E-state index contributed by atoms with van der Waals surface area (Å²) in [5.74, 6) is 0.614. The van der Waals surface area contributed by atoms with Crippen LogP contribution < -0.4 is 10.1 Å². The van der Waals surface area contributed by atoms with Crippen LogP contribution in [0, 0.1) is 18.3 Å². The van der Waals surface area contributed by atoms with Gasteiger partial charge in [0.15, 0.2) is 0 Å². The number of methoxy groups -OCH3 is 1. The van der Waals surface area contributed by atoms with E-state index in [-0.39, 0.29) is 0 Å². The van der Waals surface area contributed by atoms with Gasteiger partial charge in [0, 0.05) is 5.69 Å². The molecule has 0 atom stereocenters. The Bertz CT molecular complexity index is 618. The molecule has 0 amide bonds. The van der Waals surface area contributed by atoms with Crippen LogP contribution in [0.15, 0.2) is 18.2 Å². The molecule has 0 aliphatic rings. The topological polar surface area (TPSA) is 57.9 Å². The number of ether oxygens (including phenoxy) is 1. The van der Waals surface area contributed by atoms with Crippen molar-refractivity contribution < 1.29 is 4.74 Å². The molecule has 0 unspecified atom stereocenters. The van der Waals surface area contributed by atoms with Gasteiger partial charge in [0.05, 0.1) is 17.8 Å². The second-order valence-electron chi connectivity index (χ2n) is 3.56. The Hall–Kier alpha value is -1.77. The zero-order chi connectivity index (χ0) is 13.1. The molecule has 6 heteroatoms. The summed E-state index contributed by atoms with van der Waals surface area (Å²) in [7, 11) is 1.56. The van der Waals surface area contributed by atoms with Crippen LogP contribution in [0.5, 0.6) is 5.75 Å².